The summed E-state index contributed by atoms with van der Waals surface area (Å²) in [5.41, 5.74) is -0.634. The first-order valence-corrected chi connectivity index (χ1v) is 12.7. The van der Waals surface area contributed by atoms with Gasteiger partial charge in [0.25, 0.3) is 11.8 Å². The Balaban J connectivity index is 1.55. The van der Waals surface area contributed by atoms with Crippen molar-refractivity contribution in [3.63, 3.8) is 0 Å². The number of ether oxygens (including phenoxy) is 2. The van der Waals surface area contributed by atoms with Crippen LogP contribution in [0.5, 0.6) is 17.4 Å². The van der Waals surface area contributed by atoms with Gasteiger partial charge in [-0.3, -0.25) is 4.79 Å². The number of carbonyl (C=O) groups is 1. The number of aromatic nitrogens is 3. The Kier molecular flexibility index (Phi) is 6.77. The van der Waals surface area contributed by atoms with Crippen LogP contribution in [0.1, 0.15) is 30.3 Å². The summed E-state index contributed by atoms with van der Waals surface area (Å²) in [7, 11) is -3.13. The molecule has 0 aliphatic carbocycles. The highest BCUT2D eigenvalue weighted by Crippen LogP contribution is 2.33. The van der Waals surface area contributed by atoms with Crippen molar-refractivity contribution in [3.05, 3.63) is 47.1 Å². The highest BCUT2D eigenvalue weighted by molar-refractivity contribution is 7.91. The van der Waals surface area contributed by atoms with Crippen LogP contribution in [-0.4, -0.2) is 58.8 Å². The summed E-state index contributed by atoms with van der Waals surface area (Å²) in [5.74, 6) is -2.54. The van der Waals surface area contributed by atoms with Crippen molar-refractivity contribution in [2.45, 2.75) is 31.5 Å². The number of rotatable bonds is 6. The van der Waals surface area contributed by atoms with Gasteiger partial charge in [0, 0.05) is 23.9 Å². The molecule has 1 aliphatic heterocycles. The largest absolute Gasteiger partial charge is 0.478 e. The van der Waals surface area contributed by atoms with Crippen LogP contribution in [-0.2, 0) is 9.84 Å². The SMILES string of the molecule is CC1(NC(=O)c2nn3ccc(Oc4ncc(F)cc4OCC(F)(F)F)cc3c2Cl)CCS(=O)(=O)CC1. The van der Waals surface area contributed by atoms with Crippen molar-refractivity contribution >= 4 is 32.9 Å². The first kappa shape index (κ1) is 25.9. The number of alkyl halides is 3. The summed E-state index contributed by atoms with van der Waals surface area (Å²) in [6.45, 7) is 0.0642. The normalized spacial score (nSPS) is 17.1. The molecule has 36 heavy (non-hydrogen) atoms. The number of fused-ring (bicyclic) bond motifs is 1. The Morgan fingerprint density at radius 3 is 2.64 bits per heavy atom. The highest BCUT2D eigenvalue weighted by Gasteiger charge is 2.36. The average molecular weight is 551 g/mol. The number of carbonyl (C=O) groups excluding carboxylic acids is 1. The van der Waals surface area contributed by atoms with Gasteiger partial charge in [0.15, 0.2) is 18.1 Å². The Hall–Kier alpha value is -3.13. The van der Waals surface area contributed by atoms with E-state index in [2.05, 4.69) is 20.1 Å². The topological polar surface area (TPSA) is 112 Å². The van der Waals surface area contributed by atoms with Crippen molar-refractivity contribution in [1.29, 1.82) is 0 Å². The Bertz CT molecular complexity index is 1410. The molecule has 3 aromatic heterocycles. The fraction of sp³-hybridized carbons (Fsp3) is 0.381. The van der Waals surface area contributed by atoms with Gasteiger partial charge in [-0.1, -0.05) is 11.6 Å². The predicted molar refractivity (Wildman–Crippen MR) is 120 cm³/mol. The van der Waals surface area contributed by atoms with E-state index in [1.54, 1.807) is 6.92 Å². The molecule has 1 saturated heterocycles. The first-order chi connectivity index (χ1) is 16.7. The van der Waals surface area contributed by atoms with Crippen LogP contribution in [0.3, 0.4) is 0 Å². The second-order valence-electron chi connectivity index (χ2n) is 8.48. The summed E-state index contributed by atoms with van der Waals surface area (Å²) in [4.78, 5) is 16.5. The third-order valence-corrected chi connectivity index (χ3v) is 7.52. The molecule has 0 atom stereocenters. The molecule has 4 rings (SSSR count). The van der Waals surface area contributed by atoms with Crippen LogP contribution in [0, 0.1) is 5.82 Å². The fourth-order valence-corrected chi connectivity index (χ4v) is 5.50. The zero-order chi connectivity index (χ0) is 26.3. The van der Waals surface area contributed by atoms with Crippen LogP contribution in [0.15, 0.2) is 30.6 Å². The van der Waals surface area contributed by atoms with Gasteiger partial charge in [-0.15, -0.1) is 0 Å². The number of hydrogen-bond donors (Lipinski definition) is 1. The molecule has 0 bridgehead atoms. The molecule has 0 spiro atoms. The van der Waals surface area contributed by atoms with E-state index in [4.69, 9.17) is 16.3 Å². The third-order valence-electron chi connectivity index (χ3n) is 5.50. The molecule has 15 heteroatoms. The summed E-state index contributed by atoms with van der Waals surface area (Å²) in [6, 6.07) is 3.45. The minimum atomic E-state index is -4.66. The molecule has 0 unspecified atom stereocenters. The van der Waals surface area contributed by atoms with Gasteiger partial charge in [0.2, 0.25) is 0 Å². The van der Waals surface area contributed by atoms with E-state index in [0.29, 0.717) is 6.07 Å². The molecular formula is C21H19ClF4N4O5S. The average Bonchev–Trinajstić information content (AvgIpc) is 3.12. The number of sulfone groups is 1. The van der Waals surface area contributed by atoms with E-state index in [9.17, 15) is 30.8 Å². The van der Waals surface area contributed by atoms with E-state index in [-0.39, 0.29) is 46.3 Å². The molecule has 194 valence electrons. The molecule has 1 aliphatic rings. The van der Waals surface area contributed by atoms with Crippen LogP contribution in [0.4, 0.5) is 17.6 Å². The Morgan fingerprint density at radius 2 is 1.97 bits per heavy atom. The van der Waals surface area contributed by atoms with Gasteiger partial charge in [-0.05, 0) is 25.8 Å². The molecule has 0 aromatic carbocycles. The maximum atomic E-state index is 13.5. The van der Waals surface area contributed by atoms with E-state index < -0.39 is 51.5 Å². The maximum Gasteiger partial charge on any atom is 0.422 e. The Labute approximate surface area is 207 Å². The summed E-state index contributed by atoms with van der Waals surface area (Å²) < 4.78 is 85.9. The van der Waals surface area contributed by atoms with E-state index in [1.807, 2.05) is 0 Å². The number of pyridine rings is 2. The molecule has 1 N–H and O–H groups in total. The number of hydrogen-bond acceptors (Lipinski definition) is 7. The lowest BCUT2D eigenvalue weighted by Gasteiger charge is -2.34. The summed E-state index contributed by atoms with van der Waals surface area (Å²) in [6.07, 6.45) is -2.03. The van der Waals surface area contributed by atoms with E-state index in [0.717, 1.165) is 6.20 Å². The maximum absolute atomic E-state index is 13.5. The van der Waals surface area contributed by atoms with Crippen molar-refractivity contribution < 1.29 is 40.2 Å². The second-order valence-corrected chi connectivity index (χ2v) is 11.2. The molecule has 1 fully saturated rings. The molecule has 0 radical (unpaired) electrons. The standard InChI is InChI=1S/C21H19ClF4N4O5S/c1-20(3-6-36(32,33)7-4-20)28-18(31)17-16(22)14-9-13(2-5-30(14)29-17)35-19-15(8-12(23)10-27-19)34-11-21(24,25)26/h2,5,8-10H,3-4,6-7,11H2,1H3,(H,28,31). The minimum Gasteiger partial charge on any atom is -0.478 e. The number of nitrogens with one attached hydrogen (secondary N) is 1. The first-order valence-electron chi connectivity index (χ1n) is 10.5. The van der Waals surface area contributed by atoms with Gasteiger partial charge < -0.3 is 14.8 Å². The summed E-state index contributed by atoms with van der Waals surface area (Å²) >= 11 is 6.38. The second kappa shape index (κ2) is 9.39. The molecular weight excluding hydrogens is 532 g/mol. The zero-order valence-electron chi connectivity index (χ0n) is 18.6. The van der Waals surface area contributed by atoms with Crippen molar-refractivity contribution in [2.24, 2.45) is 0 Å². The van der Waals surface area contributed by atoms with Gasteiger partial charge >= 0.3 is 6.18 Å². The Morgan fingerprint density at radius 1 is 1.28 bits per heavy atom. The van der Waals surface area contributed by atoms with Gasteiger partial charge in [0.05, 0.1) is 28.2 Å². The predicted octanol–water partition coefficient (Wildman–Crippen LogP) is 3.95. The van der Waals surface area contributed by atoms with Gasteiger partial charge in [-0.2, -0.15) is 18.3 Å². The minimum absolute atomic E-state index is 0.0365. The van der Waals surface area contributed by atoms with Crippen LogP contribution < -0.4 is 14.8 Å². The van der Waals surface area contributed by atoms with Gasteiger partial charge in [-0.25, -0.2) is 22.3 Å². The molecule has 0 saturated carbocycles. The van der Waals surface area contributed by atoms with Crippen LogP contribution in [0.25, 0.3) is 5.52 Å². The number of halogens is 5. The lowest BCUT2D eigenvalue weighted by molar-refractivity contribution is -0.153. The van der Waals surface area contributed by atoms with E-state index >= 15 is 0 Å². The zero-order valence-corrected chi connectivity index (χ0v) is 20.2. The van der Waals surface area contributed by atoms with Crippen LogP contribution in [0.2, 0.25) is 5.02 Å². The fourth-order valence-electron chi connectivity index (χ4n) is 3.51. The highest BCUT2D eigenvalue weighted by atomic mass is 35.5. The smallest absolute Gasteiger partial charge is 0.422 e. The van der Waals surface area contributed by atoms with Crippen LogP contribution >= 0.6 is 11.6 Å². The van der Waals surface area contributed by atoms with Gasteiger partial charge in [0.1, 0.15) is 21.4 Å². The number of amides is 1. The van der Waals surface area contributed by atoms with Crippen molar-refractivity contribution in [3.8, 4) is 17.4 Å². The third kappa shape index (κ3) is 5.98. The van der Waals surface area contributed by atoms with Crippen molar-refractivity contribution in [2.75, 3.05) is 18.1 Å². The lowest BCUT2D eigenvalue weighted by Crippen LogP contribution is -2.51. The molecule has 9 nitrogen and oxygen atoms in total. The summed E-state index contributed by atoms with van der Waals surface area (Å²) in [5, 5.41) is 6.91. The quantitative estimate of drug-likeness (QED) is 0.462. The lowest BCUT2D eigenvalue weighted by atomic mass is 9.94. The molecule has 1 amide bonds. The molecule has 4 heterocycles. The molecule has 3 aromatic rings. The van der Waals surface area contributed by atoms with E-state index in [1.165, 1.54) is 22.8 Å². The van der Waals surface area contributed by atoms with Crippen molar-refractivity contribution in [1.82, 2.24) is 19.9 Å². The number of nitrogens with zero attached hydrogens (tertiary/aromatic N) is 3. The monoisotopic (exact) mass is 550 g/mol.